The lowest BCUT2D eigenvalue weighted by molar-refractivity contribution is 0.483. The van der Waals surface area contributed by atoms with Gasteiger partial charge in [0.05, 0.1) is 20.6 Å². The van der Waals surface area contributed by atoms with Gasteiger partial charge >= 0.3 is 0 Å². The zero-order valence-corrected chi connectivity index (χ0v) is 9.60. The molecule has 0 radical (unpaired) electrons. The van der Waals surface area contributed by atoms with Crippen LogP contribution in [0.5, 0.6) is 0 Å². The second kappa shape index (κ2) is 3.55. The van der Waals surface area contributed by atoms with Crippen LogP contribution in [0.4, 0.5) is 0 Å². The second-order valence-electron chi connectivity index (χ2n) is 3.11. The van der Waals surface area contributed by atoms with Crippen LogP contribution in [0, 0.1) is 0 Å². The highest BCUT2D eigenvalue weighted by molar-refractivity contribution is 7.85. The number of aryl methyl sites for hydroxylation is 1. The standard InChI is InChI=1S/C9H9NO3S2/c1-2-6-3-7(15(11,12)13)4-8-9(6)10-5-14-8/h3-5H,2H2,1H3,(H,11,12,13). The molecule has 0 bridgehead atoms. The summed E-state index contributed by atoms with van der Waals surface area (Å²) in [6.45, 7) is 1.92. The van der Waals surface area contributed by atoms with Crippen LogP contribution >= 0.6 is 11.3 Å². The Balaban J connectivity index is 2.80. The summed E-state index contributed by atoms with van der Waals surface area (Å²) in [6.07, 6.45) is 0.684. The van der Waals surface area contributed by atoms with Gasteiger partial charge in [0, 0.05) is 0 Å². The molecule has 0 saturated carbocycles. The highest BCUT2D eigenvalue weighted by Gasteiger charge is 2.13. The molecule has 15 heavy (non-hydrogen) atoms. The lowest BCUT2D eigenvalue weighted by atomic mass is 10.1. The van der Waals surface area contributed by atoms with E-state index in [2.05, 4.69) is 4.98 Å². The number of nitrogens with zero attached hydrogens (tertiary/aromatic N) is 1. The quantitative estimate of drug-likeness (QED) is 0.820. The molecule has 0 atom stereocenters. The third-order valence-electron chi connectivity index (χ3n) is 2.17. The van der Waals surface area contributed by atoms with Crippen molar-refractivity contribution < 1.29 is 13.0 Å². The first-order valence-corrected chi connectivity index (χ1v) is 6.68. The van der Waals surface area contributed by atoms with Gasteiger partial charge in [-0.3, -0.25) is 4.55 Å². The van der Waals surface area contributed by atoms with Crippen LogP contribution in [0.2, 0.25) is 0 Å². The normalized spacial score (nSPS) is 12.1. The molecule has 0 aliphatic heterocycles. The zero-order valence-electron chi connectivity index (χ0n) is 7.97. The van der Waals surface area contributed by atoms with E-state index in [-0.39, 0.29) is 4.90 Å². The third kappa shape index (κ3) is 1.88. The van der Waals surface area contributed by atoms with E-state index in [0.717, 1.165) is 15.8 Å². The summed E-state index contributed by atoms with van der Waals surface area (Å²) >= 11 is 1.36. The van der Waals surface area contributed by atoms with Crippen molar-refractivity contribution in [2.75, 3.05) is 0 Å². The van der Waals surface area contributed by atoms with Crippen LogP contribution in [-0.2, 0) is 16.5 Å². The summed E-state index contributed by atoms with van der Waals surface area (Å²) < 4.78 is 31.8. The molecule has 0 amide bonds. The van der Waals surface area contributed by atoms with Gasteiger partial charge in [-0.1, -0.05) is 6.92 Å². The number of rotatable bonds is 2. The molecule has 6 heteroatoms. The topological polar surface area (TPSA) is 67.3 Å². The SMILES string of the molecule is CCc1cc(S(=O)(=O)O)cc2scnc12. The molecule has 0 aliphatic rings. The Labute approximate surface area is 91.3 Å². The molecule has 0 aliphatic carbocycles. The van der Waals surface area contributed by atoms with Crippen molar-refractivity contribution >= 4 is 31.7 Å². The zero-order chi connectivity index (χ0) is 11.1. The maximum atomic E-state index is 11.0. The van der Waals surface area contributed by atoms with Gasteiger partial charge in [0.2, 0.25) is 0 Å². The number of hydrogen-bond donors (Lipinski definition) is 1. The smallest absolute Gasteiger partial charge is 0.282 e. The van der Waals surface area contributed by atoms with E-state index in [9.17, 15) is 8.42 Å². The summed E-state index contributed by atoms with van der Waals surface area (Å²) in [5.74, 6) is 0. The van der Waals surface area contributed by atoms with Crippen molar-refractivity contribution in [2.45, 2.75) is 18.2 Å². The van der Waals surface area contributed by atoms with Gasteiger partial charge in [0.25, 0.3) is 10.1 Å². The minimum atomic E-state index is -4.13. The third-order valence-corrected chi connectivity index (χ3v) is 3.78. The van der Waals surface area contributed by atoms with Crippen molar-refractivity contribution in [3.63, 3.8) is 0 Å². The fraction of sp³-hybridized carbons (Fsp3) is 0.222. The van der Waals surface area contributed by atoms with E-state index in [1.165, 1.54) is 23.5 Å². The first-order chi connectivity index (χ1) is 7.02. The van der Waals surface area contributed by atoms with Crippen LogP contribution in [-0.4, -0.2) is 18.0 Å². The lowest BCUT2D eigenvalue weighted by Gasteiger charge is -2.02. The van der Waals surface area contributed by atoms with Gasteiger partial charge in [0.15, 0.2) is 0 Å². The maximum Gasteiger partial charge on any atom is 0.294 e. The Morgan fingerprint density at radius 1 is 1.47 bits per heavy atom. The fourth-order valence-electron chi connectivity index (χ4n) is 1.43. The number of fused-ring (bicyclic) bond motifs is 1. The monoisotopic (exact) mass is 243 g/mol. The first kappa shape index (κ1) is 10.5. The number of hydrogen-bond acceptors (Lipinski definition) is 4. The van der Waals surface area contributed by atoms with Crippen LogP contribution < -0.4 is 0 Å². The van der Waals surface area contributed by atoms with Gasteiger partial charge in [0.1, 0.15) is 0 Å². The van der Waals surface area contributed by atoms with Gasteiger partial charge in [-0.15, -0.1) is 11.3 Å². The predicted octanol–water partition coefficient (Wildman–Crippen LogP) is 2.11. The van der Waals surface area contributed by atoms with Crippen LogP contribution in [0.15, 0.2) is 22.5 Å². The highest BCUT2D eigenvalue weighted by Crippen LogP contribution is 2.26. The summed E-state index contributed by atoms with van der Waals surface area (Å²) in [7, 11) is -4.13. The van der Waals surface area contributed by atoms with E-state index in [4.69, 9.17) is 4.55 Å². The minimum absolute atomic E-state index is 0.0592. The Hall–Kier alpha value is -0.980. The number of benzene rings is 1. The van der Waals surface area contributed by atoms with Gasteiger partial charge < -0.3 is 0 Å². The van der Waals surface area contributed by atoms with Crippen LogP contribution in [0.1, 0.15) is 12.5 Å². The summed E-state index contributed by atoms with van der Waals surface area (Å²) in [4.78, 5) is 4.10. The predicted molar refractivity (Wildman–Crippen MR) is 58.8 cm³/mol. The molecule has 2 aromatic rings. The average molecular weight is 243 g/mol. The Bertz CT molecular complexity index is 601. The van der Waals surface area contributed by atoms with Crippen molar-refractivity contribution in [1.29, 1.82) is 0 Å². The van der Waals surface area contributed by atoms with E-state index >= 15 is 0 Å². The Morgan fingerprint density at radius 3 is 2.80 bits per heavy atom. The summed E-state index contributed by atoms with van der Waals surface area (Å²) in [6, 6.07) is 2.92. The summed E-state index contributed by atoms with van der Waals surface area (Å²) in [5, 5.41) is 0. The number of aromatic nitrogens is 1. The van der Waals surface area contributed by atoms with Crippen molar-refractivity contribution in [2.24, 2.45) is 0 Å². The van der Waals surface area contributed by atoms with E-state index in [1.54, 1.807) is 5.51 Å². The van der Waals surface area contributed by atoms with Crippen molar-refractivity contribution in [1.82, 2.24) is 4.98 Å². The highest BCUT2D eigenvalue weighted by atomic mass is 32.2. The van der Waals surface area contributed by atoms with Gasteiger partial charge in [-0.05, 0) is 24.1 Å². The molecule has 1 N–H and O–H groups in total. The molecule has 4 nitrogen and oxygen atoms in total. The van der Waals surface area contributed by atoms with Crippen LogP contribution in [0.25, 0.3) is 10.2 Å². The molecule has 80 valence electrons. The largest absolute Gasteiger partial charge is 0.294 e. The molecule has 1 aromatic heterocycles. The van der Waals surface area contributed by atoms with E-state index in [0.29, 0.717) is 6.42 Å². The van der Waals surface area contributed by atoms with Crippen molar-refractivity contribution in [3.05, 3.63) is 23.2 Å². The van der Waals surface area contributed by atoms with E-state index in [1.807, 2.05) is 6.92 Å². The molecule has 0 saturated heterocycles. The summed E-state index contributed by atoms with van der Waals surface area (Å²) in [5.41, 5.74) is 3.31. The number of thiazole rings is 1. The fourth-order valence-corrected chi connectivity index (χ4v) is 2.82. The molecular formula is C9H9NO3S2. The molecule has 0 fully saturated rings. The minimum Gasteiger partial charge on any atom is -0.282 e. The van der Waals surface area contributed by atoms with Gasteiger partial charge in [-0.2, -0.15) is 8.42 Å². The lowest BCUT2D eigenvalue weighted by Crippen LogP contribution is -1.99. The first-order valence-electron chi connectivity index (χ1n) is 4.36. The van der Waals surface area contributed by atoms with Crippen LogP contribution in [0.3, 0.4) is 0 Å². The molecule has 0 spiro atoms. The average Bonchev–Trinajstić information content (AvgIpc) is 2.62. The molecule has 1 aromatic carbocycles. The molecular weight excluding hydrogens is 234 g/mol. The van der Waals surface area contributed by atoms with Crippen molar-refractivity contribution in [3.8, 4) is 0 Å². The van der Waals surface area contributed by atoms with E-state index < -0.39 is 10.1 Å². The molecule has 1 heterocycles. The van der Waals surface area contributed by atoms with Gasteiger partial charge in [-0.25, -0.2) is 4.98 Å². The second-order valence-corrected chi connectivity index (χ2v) is 5.42. The molecule has 2 rings (SSSR count). The Kier molecular flexibility index (Phi) is 2.49. The maximum absolute atomic E-state index is 11.0. The Morgan fingerprint density at radius 2 is 2.20 bits per heavy atom. The molecule has 0 unspecified atom stereocenters.